The minimum Gasteiger partial charge on any atom is -0.394 e. The summed E-state index contributed by atoms with van der Waals surface area (Å²) in [6, 6.07) is 1.15. The molecule has 1 aromatic heterocycles. The lowest BCUT2D eigenvalue weighted by atomic mass is 10.1. The predicted octanol–water partition coefficient (Wildman–Crippen LogP) is -1.64. The number of alkyl halides is 2. The Morgan fingerprint density at radius 2 is 2.14 bits per heavy atom. The predicted molar refractivity (Wildman–Crippen MR) is 63.6 cm³/mol. The first kappa shape index (κ1) is 17.7. The second-order valence-electron chi connectivity index (χ2n) is 4.11. The van der Waals surface area contributed by atoms with Gasteiger partial charge in [0.15, 0.2) is 6.10 Å². The van der Waals surface area contributed by atoms with Crippen molar-refractivity contribution in [1.82, 2.24) is 9.55 Å². The fraction of sp³-hybridized carbons (Fsp3) is 0.556. The molecule has 0 unspecified atom stereocenters. The first-order chi connectivity index (χ1) is 10.1. The standard InChI is InChI=1S/C9H11F2N3O4.HNO3/c10-9(11)6(16)4(3-15)18-7(9)14-2-1-5(12)13-8(14)17;2-1(3)4/h1-2,4,6-7,15-16H,3H2,(H2,12,13,17);(H,2,3,4)/t4-,6-,7-;/m1./s1. The van der Waals surface area contributed by atoms with Crippen molar-refractivity contribution in [3.63, 3.8) is 0 Å². The first-order valence-corrected chi connectivity index (χ1v) is 5.61. The highest BCUT2D eigenvalue weighted by Gasteiger charge is 2.59. The van der Waals surface area contributed by atoms with E-state index in [2.05, 4.69) is 4.98 Å². The summed E-state index contributed by atoms with van der Waals surface area (Å²) in [7, 11) is 0. The van der Waals surface area contributed by atoms with Crippen LogP contribution >= 0.6 is 0 Å². The van der Waals surface area contributed by atoms with E-state index < -0.39 is 41.7 Å². The zero-order chi connectivity index (χ0) is 17.1. The van der Waals surface area contributed by atoms with Crippen molar-refractivity contribution in [2.24, 2.45) is 0 Å². The number of nitrogens with two attached hydrogens (primary N) is 1. The minimum absolute atomic E-state index is 0.114. The molecule has 0 spiro atoms. The van der Waals surface area contributed by atoms with Crippen LogP contribution in [0, 0.1) is 10.1 Å². The van der Waals surface area contributed by atoms with Crippen molar-refractivity contribution < 1.29 is 34.0 Å². The number of anilines is 1. The van der Waals surface area contributed by atoms with Gasteiger partial charge in [0.1, 0.15) is 11.9 Å². The van der Waals surface area contributed by atoms with Gasteiger partial charge in [-0.2, -0.15) is 13.8 Å². The first-order valence-electron chi connectivity index (χ1n) is 5.61. The third kappa shape index (κ3) is 3.63. The summed E-state index contributed by atoms with van der Waals surface area (Å²) in [6.45, 7) is -0.787. The third-order valence-corrected chi connectivity index (χ3v) is 2.66. The van der Waals surface area contributed by atoms with Gasteiger partial charge < -0.3 is 25.9 Å². The van der Waals surface area contributed by atoms with E-state index in [1.165, 1.54) is 0 Å². The minimum atomic E-state index is -3.71. The van der Waals surface area contributed by atoms with Crippen LogP contribution in [0.5, 0.6) is 0 Å². The number of ether oxygens (including phenoxy) is 1. The van der Waals surface area contributed by atoms with E-state index in [1.54, 1.807) is 0 Å². The summed E-state index contributed by atoms with van der Waals surface area (Å²) in [5, 5.41) is 31.7. The van der Waals surface area contributed by atoms with Gasteiger partial charge in [0.25, 0.3) is 5.09 Å². The largest absolute Gasteiger partial charge is 0.394 e. The van der Waals surface area contributed by atoms with Gasteiger partial charge >= 0.3 is 11.6 Å². The Labute approximate surface area is 120 Å². The van der Waals surface area contributed by atoms with Crippen LogP contribution < -0.4 is 11.4 Å². The molecule has 1 aliphatic heterocycles. The van der Waals surface area contributed by atoms with E-state index in [-0.39, 0.29) is 5.82 Å². The van der Waals surface area contributed by atoms with Gasteiger partial charge in [-0.1, -0.05) is 0 Å². The molecule has 0 bridgehead atoms. The quantitative estimate of drug-likeness (QED) is 0.367. The number of nitrogens with zero attached hydrogens (tertiary/aromatic N) is 3. The smallest absolute Gasteiger partial charge is 0.351 e. The SMILES string of the molecule is Nc1ccn([C@@H]2O[C@H](CO)[C@@H](O)C2(F)F)c(=O)n1.O=[N+]([O-])O. The third-order valence-electron chi connectivity index (χ3n) is 2.66. The highest BCUT2D eigenvalue weighted by Crippen LogP contribution is 2.41. The summed E-state index contributed by atoms with van der Waals surface area (Å²) in [4.78, 5) is 23.1. The van der Waals surface area contributed by atoms with Crippen LogP contribution in [-0.2, 0) is 4.74 Å². The molecule has 0 saturated carbocycles. The normalized spacial score (nSPS) is 26.1. The van der Waals surface area contributed by atoms with Crippen molar-refractivity contribution in [1.29, 1.82) is 0 Å². The topological polar surface area (TPSA) is 174 Å². The molecule has 2 heterocycles. The molecule has 22 heavy (non-hydrogen) atoms. The lowest BCUT2D eigenvalue weighted by molar-refractivity contribution is -0.742. The van der Waals surface area contributed by atoms with Crippen LogP contribution in [0.25, 0.3) is 0 Å². The molecule has 0 aliphatic carbocycles. The molecule has 5 N–H and O–H groups in total. The molecule has 1 aliphatic rings. The average Bonchev–Trinajstić information content (AvgIpc) is 2.61. The Kier molecular flexibility index (Phi) is 5.29. The zero-order valence-electron chi connectivity index (χ0n) is 10.7. The van der Waals surface area contributed by atoms with Crippen molar-refractivity contribution in [2.45, 2.75) is 24.4 Å². The summed E-state index contributed by atoms with van der Waals surface area (Å²) in [5.41, 5.74) is 4.21. The lowest BCUT2D eigenvalue weighted by Crippen LogP contribution is -2.41. The lowest BCUT2D eigenvalue weighted by Gasteiger charge is -2.20. The Morgan fingerprint density at radius 3 is 2.55 bits per heavy atom. The van der Waals surface area contributed by atoms with E-state index in [0.717, 1.165) is 12.3 Å². The molecule has 1 saturated heterocycles. The van der Waals surface area contributed by atoms with Gasteiger partial charge in [0.05, 0.1) is 6.61 Å². The van der Waals surface area contributed by atoms with E-state index in [0.29, 0.717) is 4.57 Å². The number of aromatic nitrogens is 2. The van der Waals surface area contributed by atoms with Crippen molar-refractivity contribution in [3.05, 3.63) is 32.9 Å². The van der Waals surface area contributed by atoms with E-state index in [9.17, 15) is 18.7 Å². The summed E-state index contributed by atoms with van der Waals surface area (Å²) >= 11 is 0. The maximum atomic E-state index is 13.7. The monoisotopic (exact) mass is 326 g/mol. The van der Waals surface area contributed by atoms with Crippen molar-refractivity contribution in [2.75, 3.05) is 12.3 Å². The fourth-order valence-electron chi connectivity index (χ4n) is 1.72. The van der Waals surface area contributed by atoms with Crippen LogP contribution in [0.1, 0.15) is 6.23 Å². The molecule has 13 heteroatoms. The average molecular weight is 326 g/mol. The van der Waals surface area contributed by atoms with Gasteiger partial charge in [-0.25, -0.2) is 4.79 Å². The van der Waals surface area contributed by atoms with Crippen molar-refractivity contribution in [3.8, 4) is 0 Å². The molecule has 3 atom stereocenters. The van der Waals surface area contributed by atoms with E-state index in [4.69, 9.17) is 30.9 Å². The molecule has 11 nitrogen and oxygen atoms in total. The summed E-state index contributed by atoms with van der Waals surface area (Å²) in [5.74, 6) is -3.83. The van der Waals surface area contributed by atoms with Crippen LogP contribution in [0.15, 0.2) is 17.1 Å². The van der Waals surface area contributed by atoms with E-state index in [1.807, 2.05) is 0 Å². The van der Waals surface area contributed by atoms with Gasteiger partial charge in [0.2, 0.25) is 6.23 Å². The molecular weight excluding hydrogens is 314 g/mol. The molecular formula is C9H12F2N4O7. The molecule has 1 fully saturated rings. The number of rotatable bonds is 2. The van der Waals surface area contributed by atoms with Crippen LogP contribution in [0.4, 0.5) is 14.6 Å². The molecule has 0 amide bonds. The number of hydrogen-bond acceptors (Lipinski definition) is 8. The molecule has 1 aromatic rings. The van der Waals surface area contributed by atoms with Gasteiger partial charge in [-0.3, -0.25) is 4.57 Å². The maximum absolute atomic E-state index is 13.7. The highest BCUT2D eigenvalue weighted by atomic mass is 19.3. The molecule has 2 rings (SSSR count). The van der Waals surface area contributed by atoms with Crippen LogP contribution in [0.2, 0.25) is 0 Å². The van der Waals surface area contributed by atoms with Crippen molar-refractivity contribution >= 4 is 5.82 Å². The number of nitrogen functional groups attached to an aromatic ring is 1. The van der Waals surface area contributed by atoms with E-state index >= 15 is 0 Å². The number of hydrogen-bond donors (Lipinski definition) is 4. The summed E-state index contributed by atoms with van der Waals surface area (Å²) in [6.07, 6.45) is -4.69. The second kappa shape index (κ2) is 6.59. The highest BCUT2D eigenvalue weighted by molar-refractivity contribution is 5.23. The molecule has 124 valence electrons. The van der Waals surface area contributed by atoms with Gasteiger partial charge in [-0.05, 0) is 6.07 Å². The Bertz CT molecular complexity index is 592. The second-order valence-corrected chi connectivity index (χ2v) is 4.11. The number of halogens is 2. The summed E-state index contributed by atoms with van der Waals surface area (Å²) < 4.78 is 32.7. The van der Waals surface area contributed by atoms with Gasteiger partial charge in [0, 0.05) is 6.20 Å². The Morgan fingerprint density at radius 1 is 1.59 bits per heavy atom. The Balaban J connectivity index is 0.000000541. The number of aliphatic hydroxyl groups excluding tert-OH is 2. The maximum Gasteiger partial charge on any atom is 0.351 e. The Hall–Kier alpha value is -2.38. The molecule has 0 radical (unpaired) electrons. The van der Waals surface area contributed by atoms with Gasteiger partial charge in [-0.15, -0.1) is 10.1 Å². The zero-order valence-corrected chi connectivity index (χ0v) is 10.7. The van der Waals surface area contributed by atoms with Crippen LogP contribution in [0.3, 0.4) is 0 Å². The fourth-order valence-corrected chi connectivity index (χ4v) is 1.72. The number of aliphatic hydroxyl groups is 2. The van der Waals surface area contributed by atoms with Crippen LogP contribution in [-0.4, -0.2) is 54.8 Å². The molecule has 0 aromatic carbocycles.